The molecule has 6 heteroatoms. The minimum absolute atomic E-state index is 0.0500. The predicted molar refractivity (Wildman–Crippen MR) is 62.9 cm³/mol. The van der Waals surface area contributed by atoms with Crippen molar-refractivity contribution in [1.82, 2.24) is 0 Å². The number of rotatable bonds is 4. The summed E-state index contributed by atoms with van der Waals surface area (Å²) in [6, 6.07) is 5.08. The van der Waals surface area contributed by atoms with Gasteiger partial charge in [-0.05, 0) is 24.6 Å². The van der Waals surface area contributed by atoms with E-state index >= 15 is 0 Å². The number of nitrogens with zero attached hydrogens (tertiary/aromatic N) is 1. The minimum atomic E-state index is -3.63. The van der Waals surface area contributed by atoms with Crippen molar-refractivity contribution in [2.24, 2.45) is 0 Å². The second-order valence-electron chi connectivity index (χ2n) is 3.51. The fourth-order valence-corrected chi connectivity index (χ4v) is 3.32. The van der Waals surface area contributed by atoms with E-state index in [1.807, 2.05) is 6.07 Å². The molecule has 92 valence electrons. The third-order valence-corrected chi connectivity index (χ3v) is 5.01. The zero-order valence-electron chi connectivity index (χ0n) is 9.15. The molecule has 0 aromatic heterocycles. The van der Waals surface area contributed by atoms with E-state index in [4.69, 9.17) is 16.9 Å². The summed E-state index contributed by atoms with van der Waals surface area (Å²) in [6.07, 6.45) is 0.235. The van der Waals surface area contributed by atoms with Gasteiger partial charge in [0.1, 0.15) is 5.82 Å². The van der Waals surface area contributed by atoms with Crippen molar-refractivity contribution in [3.05, 3.63) is 29.0 Å². The highest BCUT2D eigenvalue weighted by atomic mass is 35.5. The zero-order valence-corrected chi connectivity index (χ0v) is 10.7. The first-order valence-corrected chi connectivity index (χ1v) is 6.91. The van der Waals surface area contributed by atoms with Crippen LogP contribution in [0.4, 0.5) is 4.39 Å². The van der Waals surface area contributed by atoms with Crippen LogP contribution in [0.5, 0.6) is 0 Å². The summed E-state index contributed by atoms with van der Waals surface area (Å²) in [5, 5.41) is 7.55. The molecule has 0 aliphatic carbocycles. The van der Waals surface area contributed by atoms with Crippen molar-refractivity contribution in [3.63, 3.8) is 0 Å². The van der Waals surface area contributed by atoms with Gasteiger partial charge in [0.15, 0.2) is 9.84 Å². The highest BCUT2D eigenvalue weighted by molar-refractivity contribution is 7.92. The average molecular weight is 276 g/mol. The third kappa shape index (κ3) is 2.96. The Bertz CT molecular complexity index is 551. The number of hydrogen-bond donors (Lipinski definition) is 0. The molecule has 0 bridgehead atoms. The van der Waals surface area contributed by atoms with E-state index in [1.165, 1.54) is 0 Å². The van der Waals surface area contributed by atoms with Crippen LogP contribution in [0.15, 0.2) is 23.1 Å². The molecule has 0 saturated carbocycles. The summed E-state index contributed by atoms with van der Waals surface area (Å²) in [5.74, 6) is -0.668. The van der Waals surface area contributed by atoms with Crippen molar-refractivity contribution >= 4 is 21.4 Å². The first-order chi connectivity index (χ1) is 7.93. The molecule has 0 amide bonds. The predicted octanol–water partition coefficient (Wildman–Crippen LogP) is 2.95. The van der Waals surface area contributed by atoms with Crippen LogP contribution in [-0.4, -0.2) is 13.7 Å². The molecular formula is C11H11ClFNO2S. The number of nitriles is 1. The van der Waals surface area contributed by atoms with Crippen LogP contribution in [0.3, 0.4) is 0 Å². The molecule has 0 aliphatic heterocycles. The number of benzene rings is 1. The summed E-state index contributed by atoms with van der Waals surface area (Å²) < 4.78 is 37.1. The van der Waals surface area contributed by atoms with Gasteiger partial charge in [-0.1, -0.05) is 18.5 Å². The number of hydrogen-bond acceptors (Lipinski definition) is 3. The molecule has 0 fully saturated rings. The maximum absolute atomic E-state index is 12.9. The molecule has 0 saturated heterocycles. The molecule has 3 nitrogen and oxygen atoms in total. The van der Waals surface area contributed by atoms with Crippen LogP contribution in [0.2, 0.25) is 5.02 Å². The van der Waals surface area contributed by atoms with Gasteiger partial charge >= 0.3 is 0 Å². The van der Waals surface area contributed by atoms with Crippen LogP contribution in [-0.2, 0) is 9.84 Å². The van der Waals surface area contributed by atoms with Crippen LogP contribution in [0.25, 0.3) is 0 Å². The summed E-state index contributed by atoms with van der Waals surface area (Å²) in [5.41, 5.74) is 0. The van der Waals surface area contributed by atoms with Gasteiger partial charge in [-0.3, -0.25) is 0 Å². The Kier molecular flexibility index (Phi) is 4.49. The van der Waals surface area contributed by atoms with E-state index in [2.05, 4.69) is 0 Å². The standard InChI is InChI=1S/C11H11ClFNO2S/c1-2-8(5-6-14)17(15,16)9-3-4-11(13)10(12)7-9/h3-4,7-8H,2,5H2,1H3. The van der Waals surface area contributed by atoms with E-state index in [0.29, 0.717) is 6.42 Å². The summed E-state index contributed by atoms with van der Waals surface area (Å²) in [4.78, 5) is -0.0500. The molecule has 0 aliphatic rings. The molecule has 1 aromatic carbocycles. The van der Waals surface area contributed by atoms with E-state index in [9.17, 15) is 12.8 Å². The Labute approximate surface area is 105 Å². The second-order valence-corrected chi connectivity index (χ2v) is 6.15. The van der Waals surface area contributed by atoms with Gasteiger partial charge < -0.3 is 0 Å². The highest BCUT2D eigenvalue weighted by Crippen LogP contribution is 2.24. The Morgan fingerprint density at radius 1 is 1.53 bits per heavy atom. The van der Waals surface area contributed by atoms with Gasteiger partial charge in [0, 0.05) is 0 Å². The lowest BCUT2D eigenvalue weighted by Gasteiger charge is -2.12. The Balaban J connectivity index is 3.21. The van der Waals surface area contributed by atoms with Crippen molar-refractivity contribution in [1.29, 1.82) is 5.26 Å². The quantitative estimate of drug-likeness (QED) is 0.794. The fourth-order valence-electron chi connectivity index (χ4n) is 1.42. The Morgan fingerprint density at radius 3 is 2.65 bits per heavy atom. The second kappa shape index (κ2) is 5.48. The monoisotopic (exact) mass is 275 g/mol. The highest BCUT2D eigenvalue weighted by Gasteiger charge is 2.26. The number of sulfone groups is 1. The maximum Gasteiger partial charge on any atom is 0.182 e. The molecule has 0 N–H and O–H groups in total. The fraction of sp³-hybridized carbons (Fsp3) is 0.364. The van der Waals surface area contributed by atoms with E-state index < -0.39 is 20.9 Å². The molecule has 17 heavy (non-hydrogen) atoms. The topological polar surface area (TPSA) is 57.9 Å². The molecule has 0 radical (unpaired) electrons. The van der Waals surface area contributed by atoms with Gasteiger partial charge in [0.25, 0.3) is 0 Å². The van der Waals surface area contributed by atoms with Crippen LogP contribution < -0.4 is 0 Å². The first-order valence-electron chi connectivity index (χ1n) is 4.99. The van der Waals surface area contributed by atoms with E-state index in [-0.39, 0.29) is 16.3 Å². The normalized spacial score (nSPS) is 13.1. The van der Waals surface area contributed by atoms with Crippen LogP contribution in [0.1, 0.15) is 19.8 Å². The summed E-state index contributed by atoms with van der Waals surface area (Å²) >= 11 is 5.54. The molecule has 0 spiro atoms. The smallest absolute Gasteiger partial charge is 0.182 e. The Hall–Kier alpha value is -1.12. The summed E-state index contributed by atoms with van der Waals surface area (Å²) in [6.45, 7) is 1.69. The Morgan fingerprint density at radius 2 is 2.18 bits per heavy atom. The SMILES string of the molecule is CCC(CC#N)S(=O)(=O)c1ccc(F)c(Cl)c1. The molecule has 1 aromatic rings. The molecular weight excluding hydrogens is 265 g/mol. The minimum Gasteiger partial charge on any atom is -0.223 e. The largest absolute Gasteiger partial charge is 0.223 e. The zero-order chi connectivity index (χ0) is 13.1. The lowest BCUT2D eigenvalue weighted by Crippen LogP contribution is -2.20. The van der Waals surface area contributed by atoms with E-state index in [0.717, 1.165) is 18.2 Å². The maximum atomic E-state index is 12.9. The number of halogens is 2. The van der Waals surface area contributed by atoms with Gasteiger partial charge in [-0.2, -0.15) is 5.26 Å². The third-order valence-electron chi connectivity index (χ3n) is 2.43. The van der Waals surface area contributed by atoms with Gasteiger partial charge in [0.2, 0.25) is 0 Å². The van der Waals surface area contributed by atoms with Gasteiger partial charge in [-0.25, -0.2) is 12.8 Å². The lowest BCUT2D eigenvalue weighted by atomic mass is 10.3. The van der Waals surface area contributed by atoms with Crippen LogP contribution >= 0.6 is 11.6 Å². The molecule has 1 unspecified atom stereocenters. The first kappa shape index (κ1) is 13.9. The average Bonchev–Trinajstić information content (AvgIpc) is 2.29. The molecule has 0 heterocycles. The van der Waals surface area contributed by atoms with Crippen molar-refractivity contribution in [3.8, 4) is 6.07 Å². The van der Waals surface area contributed by atoms with Crippen LogP contribution in [0, 0.1) is 17.1 Å². The lowest BCUT2D eigenvalue weighted by molar-refractivity contribution is 0.575. The van der Waals surface area contributed by atoms with Crippen molar-refractivity contribution in [2.45, 2.75) is 29.9 Å². The van der Waals surface area contributed by atoms with E-state index in [1.54, 1.807) is 6.92 Å². The van der Waals surface area contributed by atoms with Gasteiger partial charge in [-0.15, -0.1) is 0 Å². The van der Waals surface area contributed by atoms with Crippen molar-refractivity contribution in [2.75, 3.05) is 0 Å². The molecule has 1 rings (SSSR count). The molecule has 1 atom stereocenters. The summed E-state index contributed by atoms with van der Waals surface area (Å²) in [7, 11) is -3.63. The van der Waals surface area contributed by atoms with Gasteiger partial charge in [0.05, 0.1) is 27.7 Å². The van der Waals surface area contributed by atoms with Crippen molar-refractivity contribution < 1.29 is 12.8 Å².